The number of aromatic nitrogens is 3. The van der Waals surface area contributed by atoms with E-state index in [0.29, 0.717) is 23.8 Å². The summed E-state index contributed by atoms with van der Waals surface area (Å²) in [6, 6.07) is 26.3. The molecule has 34 heavy (non-hydrogen) atoms. The summed E-state index contributed by atoms with van der Waals surface area (Å²) in [7, 11) is 1.67. The number of carbonyl (C=O) groups excluding carboxylic acids is 1. The number of ether oxygens (including phenoxy) is 1. The first-order chi connectivity index (χ1) is 16.7. The molecule has 0 atom stereocenters. The molecule has 1 aromatic heterocycles. The highest BCUT2D eigenvalue weighted by Crippen LogP contribution is 2.31. The molecule has 0 bridgehead atoms. The molecule has 1 amide bonds. The summed E-state index contributed by atoms with van der Waals surface area (Å²) in [6.07, 6.45) is 2.83. The van der Waals surface area contributed by atoms with Crippen LogP contribution in [0.25, 0.3) is 5.69 Å². The van der Waals surface area contributed by atoms with Gasteiger partial charge in [0.05, 0.1) is 12.8 Å². The fraction of sp³-hybridized carbons (Fsp3) is 0.222. The first-order valence-corrected chi connectivity index (χ1v) is 12.3. The monoisotopic (exact) mass is 470 g/mol. The van der Waals surface area contributed by atoms with E-state index >= 15 is 0 Å². The smallest absolute Gasteiger partial charge is 0.251 e. The topological polar surface area (TPSA) is 69.0 Å². The summed E-state index contributed by atoms with van der Waals surface area (Å²) >= 11 is 1.61. The Hall–Kier alpha value is -3.58. The van der Waals surface area contributed by atoms with E-state index in [9.17, 15) is 4.79 Å². The fourth-order valence-corrected chi connectivity index (χ4v) is 4.66. The Morgan fingerprint density at radius 3 is 2.44 bits per heavy atom. The van der Waals surface area contributed by atoms with Gasteiger partial charge in [-0.3, -0.25) is 9.36 Å². The summed E-state index contributed by atoms with van der Waals surface area (Å²) < 4.78 is 7.71. The van der Waals surface area contributed by atoms with Crippen LogP contribution in [0.3, 0.4) is 0 Å². The lowest BCUT2D eigenvalue weighted by molar-refractivity contribution is 0.0951. The van der Waals surface area contributed by atoms with Crippen LogP contribution in [0.15, 0.2) is 84.0 Å². The number of rotatable bonds is 9. The van der Waals surface area contributed by atoms with Crippen molar-refractivity contribution in [3.05, 3.63) is 101 Å². The van der Waals surface area contributed by atoms with Gasteiger partial charge in [0, 0.05) is 23.8 Å². The molecule has 6 nitrogen and oxygen atoms in total. The second-order valence-electron chi connectivity index (χ2n) is 8.30. The van der Waals surface area contributed by atoms with Gasteiger partial charge in [0.25, 0.3) is 5.91 Å². The summed E-state index contributed by atoms with van der Waals surface area (Å²) in [4.78, 5) is 12.3. The van der Waals surface area contributed by atoms with Gasteiger partial charge >= 0.3 is 0 Å². The van der Waals surface area contributed by atoms with Crippen LogP contribution in [0, 0.1) is 0 Å². The van der Waals surface area contributed by atoms with E-state index in [1.165, 1.54) is 5.56 Å². The van der Waals surface area contributed by atoms with Crippen LogP contribution in [0.5, 0.6) is 5.75 Å². The van der Waals surface area contributed by atoms with Gasteiger partial charge in [-0.2, -0.15) is 0 Å². The molecule has 7 heteroatoms. The number of hydrogen-bond acceptors (Lipinski definition) is 5. The van der Waals surface area contributed by atoms with Gasteiger partial charge in [0.1, 0.15) is 11.6 Å². The maximum Gasteiger partial charge on any atom is 0.251 e. The average molecular weight is 471 g/mol. The van der Waals surface area contributed by atoms with Crippen LogP contribution in [0.1, 0.15) is 40.2 Å². The van der Waals surface area contributed by atoms with Gasteiger partial charge in [-0.25, -0.2) is 0 Å². The van der Waals surface area contributed by atoms with Gasteiger partial charge in [0.2, 0.25) is 0 Å². The summed E-state index contributed by atoms with van der Waals surface area (Å²) in [6.45, 7) is 0. The molecular formula is C27H26N4O2S. The maximum atomic E-state index is 12.3. The second kappa shape index (κ2) is 10.1. The van der Waals surface area contributed by atoms with Crippen molar-refractivity contribution in [1.82, 2.24) is 20.1 Å². The van der Waals surface area contributed by atoms with Crippen LogP contribution in [0.4, 0.5) is 0 Å². The van der Waals surface area contributed by atoms with Crippen molar-refractivity contribution >= 4 is 17.7 Å². The lowest BCUT2D eigenvalue weighted by atomic mass is 10.1. The molecule has 4 aromatic rings. The highest BCUT2D eigenvalue weighted by atomic mass is 32.2. The molecule has 1 aliphatic rings. The highest BCUT2D eigenvalue weighted by molar-refractivity contribution is 7.98. The largest absolute Gasteiger partial charge is 0.495 e. The maximum absolute atomic E-state index is 12.3. The number of nitrogens with zero attached hydrogens (tertiary/aromatic N) is 3. The van der Waals surface area contributed by atoms with Crippen LogP contribution < -0.4 is 10.1 Å². The van der Waals surface area contributed by atoms with Crippen molar-refractivity contribution in [2.45, 2.75) is 36.2 Å². The number of thioether (sulfide) groups is 1. The van der Waals surface area contributed by atoms with Gasteiger partial charge in [-0.15, -0.1) is 10.2 Å². The molecule has 0 spiro atoms. The third-order valence-corrected chi connectivity index (χ3v) is 6.73. The molecular weight excluding hydrogens is 444 g/mol. The summed E-state index contributed by atoms with van der Waals surface area (Å²) in [5.41, 5.74) is 3.90. The first-order valence-electron chi connectivity index (χ1n) is 11.4. The third kappa shape index (κ3) is 5.15. The van der Waals surface area contributed by atoms with Crippen molar-refractivity contribution in [1.29, 1.82) is 0 Å². The van der Waals surface area contributed by atoms with Crippen LogP contribution in [-0.4, -0.2) is 33.8 Å². The predicted octanol–water partition coefficient (Wildman–Crippen LogP) is 5.05. The van der Waals surface area contributed by atoms with E-state index < -0.39 is 0 Å². The quantitative estimate of drug-likeness (QED) is 0.347. The van der Waals surface area contributed by atoms with Gasteiger partial charge in [-0.05, 0) is 48.2 Å². The normalized spacial score (nSPS) is 13.0. The van der Waals surface area contributed by atoms with Crippen LogP contribution in [0.2, 0.25) is 0 Å². The predicted molar refractivity (Wildman–Crippen MR) is 134 cm³/mol. The molecule has 1 saturated carbocycles. The van der Waals surface area contributed by atoms with E-state index in [4.69, 9.17) is 4.74 Å². The number of carbonyl (C=O) groups is 1. The Balaban J connectivity index is 1.38. The molecule has 1 N–H and O–H groups in total. The molecule has 1 fully saturated rings. The van der Waals surface area contributed by atoms with E-state index in [-0.39, 0.29) is 5.91 Å². The van der Waals surface area contributed by atoms with Crippen molar-refractivity contribution in [3.8, 4) is 11.4 Å². The lowest BCUT2D eigenvalue weighted by Crippen LogP contribution is -2.25. The zero-order valence-corrected chi connectivity index (χ0v) is 19.8. The van der Waals surface area contributed by atoms with Crippen molar-refractivity contribution < 1.29 is 9.53 Å². The number of para-hydroxylation sites is 2. The number of hydrogen-bond donors (Lipinski definition) is 1. The van der Waals surface area contributed by atoms with E-state index in [0.717, 1.165) is 40.8 Å². The Kier molecular flexibility index (Phi) is 6.62. The molecule has 0 radical (unpaired) electrons. The van der Waals surface area contributed by atoms with Crippen molar-refractivity contribution in [2.24, 2.45) is 0 Å². The summed E-state index contributed by atoms with van der Waals surface area (Å²) in [5, 5.41) is 12.9. The number of amides is 1. The van der Waals surface area contributed by atoms with Crippen LogP contribution in [-0.2, 0) is 12.2 Å². The molecule has 0 unspecified atom stereocenters. The van der Waals surface area contributed by atoms with E-state index in [1.54, 1.807) is 18.9 Å². The summed E-state index contributed by atoms with van der Waals surface area (Å²) in [5.74, 6) is 2.33. The zero-order chi connectivity index (χ0) is 23.3. The van der Waals surface area contributed by atoms with Crippen LogP contribution >= 0.6 is 11.8 Å². The van der Waals surface area contributed by atoms with Gasteiger partial charge < -0.3 is 10.1 Å². The van der Waals surface area contributed by atoms with E-state index in [1.807, 2.05) is 66.7 Å². The zero-order valence-electron chi connectivity index (χ0n) is 19.0. The number of benzene rings is 3. The SMILES string of the molecule is COc1ccccc1-n1c(Cc2ccccc2)nnc1SCc1ccc(C(=O)NC2CC2)cc1. The Morgan fingerprint density at radius 1 is 0.971 bits per heavy atom. The first kappa shape index (κ1) is 22.2. The third-order valence-electron chi connectivity index (χ3n) is 5.73. The minimum Gasteiger partial charge on any atom is -0.495 e. The Morgan fingerprint density at radius 2 is 1.71 bits per heavy atom. The molecule has 172 valence electrons. The van der Waals surface area contributed by atoms with Gasteiger partial charge in [0.15, 0.2) is 5.16 Å². The highest BCUT2D eigenvalue weighted by Gasteiger charge is 2.23. The molecule has 1 heterocycles. The molecule has 0 saturated heterocycles. The standard InChI is InChI=1S/C27H26N4O2S/c1-33-24-10-6-5-9-23(24)31-25(17-19-7-3-2-4-8-19)29-30-27(31)34-18-20-11-13-21(14-12-20)26(32)28-22-15-16-22/h2-14,22H,15-18H2,1H3,(H,28,32). The number of nitrogens with one attached hydrogen (secondary N) is 1. The molecule has 1 aliphatic carbocycles. The number of methoxy groups -OCH3 is 1. The molecule has 3 aromatic carbocycles. The minimum absolute atomic E-state index is 0.00294. The van der Waals surface area contributed by atoms with E-state index in [2.05, 4.69) is 32.2 Å². The minimum atomic E-state index is 0.00294. The van der Waals surface area contributed by atoms with Crippen molar-refractivity contribution in [3.63, 3.8) is 0 Å². The van der Waals surface area contributed by atoms with Gasteiger partial charge in [-0.1, -0.05) is 66.4 Å². The molecule has 0 aliphatic heterocycles. The Bertz CT molecular complexity index is 1270. The second-order valence-corrected chi connectivity index (χ2v) is 9.24. The Labute approximate surface area is 203 Å². The fourth-order valence-electron chi connectivity index (χ4n) is 3.74. The van der Waals surface area contributed by atoms with Crippen molar-refractivity contribution in [2.75, 3.05) is 7.11 Å². The lowest BCUT2D eigenvalue weighted by Gasteiger charge is -2.14. The molecule has 5 rings (SSSR count). The average Bonchev–Trinajstić information content (AvgIpc) is 3.61.